The van der Waals surface area contributed by atoms with Crippen molar-refractivity contribution >= 4 is 5.91 Å². The Kier molecular flexibility index (Phi) is 4.27. The lowest BCUT2D eigenvalue weighted by atomic mass is 10.0. The summed E-state index contributed by atoms with van der Waals surface area (Å²) in [7, 11) is 0. The van der Waals surface area contributed by atoms with E-state index in [4.69, 9.17) is 0 Å². The summed E-state index contributed by atoms with van der Waals surface area (Å²) < 4.78 is 3.83. The second-order valence-corrected chi connectivity index (χ2v) is 6.21. The number of nitrogens with zero attached hydrogens (tertiary/aromatic N) is 5. The fourth-order valence-corrected chi connectivity index (χ4v) is 3.08. The van der Waals surface area contributed by atoms with Gasteiger partial charge in [-0.1, -0.05) is 6.92 Å². The van der Waals surface area contributed by atoms with Gasteiger partial charge in [-0.15, -0.1) is 0 Å². The fourth-order valence-electron chi connectivity index (χ4n) is 3.08. The van der Waals surface area contributed by atoms with Crippen molar-refractivity contribution in [1.29, 1.82) is 0 Å². The van der Waals surface area contributed by atoms with Crippen LogP contribution in [0.2, 0.25) is 0 Å². The van der Waals surface area contributed by atoms with Crippen LogP contribution in [-0.4, -0.2) is 43.5 Å². The molecule has 2 atom stereocenters. The number of piperidine rings is 1. The number of hydrogen-bond donors (Lipinski definition) is 0. The Morgan fingerprint density at radius 3 is 3.00 bits per heavy atom. The molecule has 0 N–H and O–H groups in total. The molecule has 6 heteroatoms. The van der Waals surface area contributed by atoms with E-state index < -0.39 is 0 Å². The number of likely N-dealkylation sites (tertiary alicyclic amines) is 1. The molecule has 1 fully saturated rings. The van der Waals surface area contributed by atoms with E-state index in [0.29, 0.717) is 12.6 Å². The topological polar surface area (TPSA) is 56.0 Å². The lowest BCUT2D eigenvalue weighted by Crippen LogP contribution is -2.44. The number of hydrogen-bond acceptors (Lipinski definition) is 3. The van der Waals surface area contributed by atoms with Crippen molar-refractivity contribution in [3.8, 4) is 0 Å². The van der Waals surface area contributed by atoms with Crippen LogP contribution in [0.1, 0.15) is 31.4 Å². The lowest BCUT2D eigenvalue weighted by Gasteiger charge is -2.34. The molecule has 1 saturated heterocycles. The average Bonchev–Trinajstić information content (AvgIpc) is 3.18. The van der Waals surface area contributed by atoms with Crippen LogP contribution in [0.5, 0.6) is 0 Å². The molecule has 1 aliphatic rings. The minimum Gasteiger partial charge on any atom is -0.340 e. The number of aromatic nitrogens is 4. The van der Waals surface area contributed by atoms with Gasteiger partial charge >= 0.3 is 0 Å². The Bertz CT molecular complexity index is 618. The summed E-state index contributed by atoms with van der Waals surface area (Å²) in [5.41, 5.74) is 1.16. The van der Waals surface area contributed by atoms with Crippen LogP contribution in [0, 0.1) is 12.8 Å². The molecule has 3 rings (SSSR count). The van der Waals surface area contributed by atoms with E-state index in [-0.39, 0.29) is 11.8 Å². The Labute approximate surface area is 130 Å². The summed E-state index contributed by atoms with van der Waals surface area (Å²) in [6.07, 6.45) is 9.69. The molecule has 0 spiro atoms. The Morgan fingerprint density at radius 1 is 1.45 bits per heavy atom. The van der Waals surface area contributed by atoms with E-state index >= 15 is 0 Å². The monoisotopic (exact) mass is 301 g/mol. The van der Waals surface area contributed by atoms with Gasteiger partial charge < -0.3 is 4.90 Å². The molecule has 2 aromatic rings. The van der Waals surface area contributed by atoms with Gasteiger partial charge in [0.25, 0.3) is 0 Å². The molecule has 6 nitrogen and oxygen atoms in total. The first-order valence-electron chi connectivity index (χ1n) is 7.90. The zero-order chi connectivity index (χ0) is 15.5. The highest BCUT2D eigenvalue weighted by molar-refractivity contribution is 5.78. The minimum atomic E-state index is -0.0574. The van der Waals surface area contributed by atoms with Crippen molar-refractivity contribution in [2.45, 2.75) is 39.3 Å². The van der Waals surface area contributed by atoms with Crippen molar-refractivity contribution in [3.05, 3.63) is 36.4 Å². The van der Waals surface area contributed by atoms with Crippen molar-refractivity contribution in [2.24, 2.45) is 5.92 Å². The Balaban J connectivity index is 1.62. The number of carbonyl (C=O) groups is 1. The third kappa shape index (κ3) is 3.21. The molecule has 0 unspecified atom stereocenters. The molecule has 0 aromatic carbocycles. The summed E-state index contributed by atoms with van der Waals surface area (Å²) in [5.74, 6) is 0.155. The van der Waals surface area contributed by atoms with Gasteiger partial charge in [-0.25, -0.2) is 0 Å². The second kappa shape index (κ2) is 6.34. The largest absolute Gasteiger partial charge is 0.340 e. The summed E-state index contributed by atoms with van der Waals surface area (Å²) >= 11 is 0. The maximum Gasteiger partial charge on any atom is 0.227 e. The molecule has 118 valence electrons. The first-order valence-corrected chi connectivity index (χ1v) is 7.90. The van der Waals surface area contributed by atoms with Gasteiger partial charge in [0, 0.05) is 31.7 Å². The molecule has 0 aliphatic carbocycles. The highest BCUT2D eigenvalue weighted by Gasteiger charge is 2.28. The molecule has 0 bridgehead atoms. The quantitative estimate of drug-likeness (QED) is 0.866. The van der Waals surface area contributed by atoms with Crippen molar-refractivity contribution in [1.82, 2.24) is 24.5 Å². The summed E-state index contributed by atoms with van der Waals surface area (Å²) in [5, 5.41) is 8.58. The minimum absolute atomic E-state index is 0.0574. The highest BCUT2D eigenvalue weighted by atomic mass is 16.2. The SMILES string of the molecule is Cc1cnn([C@@H]2CCCN(C(=O)[C@@H](C)Cn3cccn3)C2)c1. The van der Waals surface area contributed by atoms with Crippen LogP contribution in [0.25, 0.3) is 0 Å². The number of rotatable bonds is 4. The molecule has 22 heavy (non-hydrogen) atoms. The van der Waals surface area contributed by atoms with Gasteiger partial charge in [-0.05, 0) is 31.4 Å². The molecule has 2 aromatic heterocycles. The van der Waals surface area contributed by atoms with Gasteiger partial charge in [0.15, 0.2) is 0 Å². The van der Waals surface area contributed by atoms with Gasteiger partial charge in [0.05, 0.1) is 24.7 Å². The first kappa shape index (κ1) is 14.8. The maximum absolute atomic E-state index is 12.7. The third-order valence-electron chi connectivity index (χ3n) is 4.25. The Morgan fingerprint density at radius 2 is 2.32 bits per heavy atom. The van der Waals surface area contributed by atoms with E-state index in [2.05, 4.69) is 16.4 Å². The fraction of sp³-hybridized carbons (Fsp3) is 0.562. The van der Waals surface area contributed by atoms with E-state index in [1.807, 2.05) is 46.6 Å². The predicted octanol–water partition coefficient (Wildman–Crippen LogP) is 1.89. The van der Waals surface area contributed by atoms with Gasteiger partial charge in [0.2, 0.25) is 5.91 Å². The van der Waals surface area contributed by atoms with E-state index in [1.165, 1.54) is 0 Å². The average molecular weight is 301 g/mol. The van der Waals surface area contributed by atoms with Crippen LogP contribution < -0.4 is 0 Å². The van der Waals surface area contributed by atoms with E-state index in [9.17, 15) is 4.79 Å². The molecular formula is C16H23N5O. The zero-order valence-corrected chi connectivity index (χ0v) is 13.2. The normalized spacial score (nSPS) is 20.1. The van der Waals surface area contributed by atoms with Gasteiger partial charge in [0.1, 0.15) is 0 Å². The Hall–Kier alpha value is -2.11. The number of carbonyl (C=O) groups excluding carboxylic acids is 1. The standard InChI is InChI=1S/C16H23N5O/c1-13-9-18-21(10-13)15-5-3-7-19(12-15)16(22)14(2)11-20-8-4-6-17-20/h4,6,8-10,14-15H,3,5,7,11-12H2,1-2H3/t14-,15+/m0/s1. The first-order chi connectivity index (χ1) is 10.6. The summed E-state index contributed by atoms with van der Waals surface area (Å²) in [6.45, 7) is 6.25. The van der Waals surface area contributed by atoms with Crippen LogP contribution in [0.3, 0.4) is 0 Å². The highest BCUT2D eigenvalue weighted by Crippen LogP contribution is 2.22. The molecular weight excluding hydrogens is 278 g/mol. The van der Waals surface area contributed by atoms with Crippen LogP contribution in [0.4, 0.5) is 0 Å². The zero-order valence-electron chi connectivity index (χ0n) is 13.2. The molecule has 0 radical (unpaired) electrons. The van der Waals surface area contributed by atoms with E-state index in [0.717, 1.165) is 31.5 Å². The predicted molar refractivity (Wildman–Crippen MR) is 83.2 cm³/mol. The summed E-state index contributed by atoms with van der Waals surface area (Å²) in [6, 6.07) is 2.18. The van der Waals surface area contributed by atoms with Crippen LogP contribution in [-0.2, 0) is 11.3 Å². The van der Waals surface area contributed by atoms with Crippen molar-refractivity contribution in [3.63, 3.8) is 0 Å². The molecule has 0 saturated carbocycles. The summed E-state index contributed by atoms with van der Waals surface area (Å²) in [4.78, 5) is 14.6. The number of aryl methyl sites for hydroxylation is 1. The van der Waals surface area contributed by atoms with Crippen molar-refractivity contribution in [2.75, 3.05) is 13.1 Å². The smallest absolute Gasteiger partial charge is 0.227 e. The van der Waals surface area contributed by atoms with Crippen molar-refractivity contribution < 1.29 is 4.79 Å². The second-order valence-electron chi connectivity index (χ2n) is 6.21. The lowest BCUT2D eigenvalue weighted by molar-refractivity contribution is -0.137. The molecule has 1 amide bonds. The van der Waals surface area contributed by atoms with Crippen LogP contribution in [0.15, 0.2) is 30.9 Å². The van der Waals surface area contributed by atoms with E-state index in [1.54, 1.807) is 6.20 Å². The maximum atomic E-state index is 12.7. The molecule has 3 heterocycles. The third-order valence-corrected chi connectivity index (χ3v) is 4.25. The van der Waals surface area contributed by atoms with Crippen LogP contribution >= 0.6 is 0 Å². The van der Waals surface area contributed by atoms with Gasteiger partial charge in [-0.2, -0.15) is 10.2 Å². The number of amides is 1. The van der Waals surface area contributed by atoms with Gasteiger partial charge in [-0.3, -0.25) is 14.2 Å². The molecule has 1 aliphatic heterocycles.